The Bertz CT molecular complexity index is 766. The molecule has 1 fully saturated rings. The number of carbonyl (C=O) groups excluding carboxylic acids is 1. The van der Waals surface area contributed by atoms with Gasteiger partial charge in [0.1, 0.15) is 5.82 Å². The Morgan fingerprint density at radius 1 is 0.964 bits per heavy atom. The highest BCUT2D eigenvalue weighted by Crippen LogP contribution is 2.14. The first-order valence-corrected chi connectivity index (χ1v) is 10.5. The van der Waals surface area contributed by atoms with Crippen LogP contribution in [-0.2, 0) is 25.9 Å². The Morgan fingerprint density at radius 3 is 2.61 bits per heavy atom. The van der Waals surface area contributed by atoms with Crippen LogP contribution >= 0.6 is 0 Å². The SMILES string of the molecule is O=C(NCc1nnc2n1CCCCC2)N1CCN(CCc2ccccc2)CC1. The van der Waals surface area contributed by atoms with Gasteiger partial charge in [0.15, 0.2) is 5.82 Å². The molecule has 2 aromatic rings. The maximum Gasteiger partial charge on any atom is 0.317 e. The minimum Gasteiger partial charge on any atom is -0.331 e. The van der Waals surface area contributed by atoms with Crippen molar-refractivity contribution in [3.8, 4) is 0 Å². The second kappa shape index (κ2) is 9.19. The molecule has 0 saturated carbocycles. The van der Waals surface area contributed by atoms with Crippen LogP contribution in [0.15, 0.2) is 30.3 Å². The lowest BCUT2D eigenvalue weighted by Gasteiger charge is -2.34. The Morgan fingerprint density at radius 2 is 1.79 bits per heavy atom. The fraction of sp³-hybridized carbons (Fsp3) is 0.571. The van der Waals surface area contributed by atoms with Gasteiger partial charge in [0.25, 0.3) is 0 Å². The van der Waals surface area contributed by atoms with Crippen molar-refractivity contribution in [2.75, 3.05) is 32.7 Å². The largest absolute Gasteiger partial charge is 0.331 e. The summed E-state index contributed by atoms with van der Waals surface area (Å²) in [5.41, 5.74) is 1.37. The molecule has 1 saturated heterocycles. The minimum atomic E-state index is 0.00804. The first-order chi connectivity index (χ1) is 13.8. The van der Waals surface area contributed by atoms with E-state index >= 15 is 0 Å². The zero-order valence-corrected chi connectivity index (χ0v) is 16.5. The van der Waals surface area contributed by atoms with Gasteiger partial charge in [-0.05, 0) is 24.8 Å². The summed E-state index contributed by atoms with van der Waals surface area (Å²) in [6.45, 7) is 5.89. The first-order valence-electron chi connectivity index (χ1n) is 10.5. The number of carbonyl (C=O) groups is 1. The van der Waals surface area contributed by atoms with Gasteiger partial charge in [0.2, 0.25) is 0 Å². The highest BCUT2D eigenvalue weighted by atomic mass is 16.2. The third kappa shape index (κ3) is 4.70. The average molecular weight is 383 g/mol. The van der Waals surface area contributed by atoms with Crippen LogP contribution in [0.2, 0.25) is 0 Å². The number of amides is 2. The van der Waals surface area contributed by atoms with Crippen molar-refractivity contribution in [1.82, 2.24) is 29.9 Å². The Kier molecular flexibility index (Phi) is 6.21. The van der Waals surface area contributed by atoms with E-state index in [0.717, 1.165) is 70.2 Å². The molecule has 2 aliphatic rings. The molecular weight excluding hydrogens is 352 g/mol. The van der Waals surface area contributed by atoms with E-state index in [-0.39, 0.29) is 6.03 Å². The smallest absolute Gasteiger partial charge is 0.317 e. The maximum atomic E-state index is 12.6. The molecule has 0 atom stereocenters. The molecule has 7 nitrogen and oxygen atoms in total. The highest BCUT2D eigenvalue weighted by molar-refractivity contribution is 5.74. The summed E-state index contributed by atoms with van der Waals surface area (Å²) in [4.78, 5) is 16.9. The minimum absolute atomic E-state index is 0.00804. The quantitative estimate of drug-likeness (QED) is 0.860. The predicted molar refractivity (Wildman–Crippen MR) is 108 cm³/mol. The molecule has 2 amide bonds. The standard InChI is InChI=1S/C21H30N6O/c28-21(22-17-20-24-23-19-9-5-2-6-11-27(19)20)26-15-13-25(14-16-26)12-10-18-7-3-1-4-8-18/h1,3-4,7-8H,2,5-6,9-17H2,(H,22,28). The normalized spacial score (nSPS) is 17.8. The number of piperazine rings is 1. The number of nitrogens with one attached hydrogen (secondary N) is 1. The summed E-state index contributed by atoms with van der Waals surface area (Å²) >= 11 is 0. The molecule has 2 aliphatic heterocycles. The number of nitrogens with zero attached hydrogens (tertiary/aromatic N) is 5. The van der Waals surface area contributed by atoms with E-state index in [4.69, 9.17) is 0 Å². The van der Waals surface area contributed by atoms with Crippen LogP contribution in [0.5, 0.6) is 0 Å². The van der Waals surface area contributed by atoms with E-state index in [1.54, 1.807) is 0 Å². The van der Waals surface area contributed by atoms with E-state index in [2.05, 4.69) is 55.3 Å². The summed E-state index contributed by atoms with van der Waals surface area (Å²) in [7, 11) is 0. The van der Waals surface area contributed by atoms with Crippen LogP contribution in [0.4, 0.5) is 4.79 Å². The second-order valence-electron chi connectivity index (χ2n) is 7.72. The number of aryl methyl sites for hydroxylation is 1. The van der Waals surface area contributed by atoms with Crippen LogP contribution in [0.1, 0.15) is 36.5 Å². The average Bonchev–Trinajstić information content (AvgIpc) is 2.97. The van der Waals surface area contributed by atoms with Gasteiger partial charge >= 0.3 is 6.03 Å². The highest BCUT2D eigenvalue weighted by Gasteiger charge is 2.22. The van der Waals surface area contributed by atoms with Gasteiger partial charge in [0.05, 0.1) is 6.54 Å². The first kappa shape index (κ1) is 18.9. The molecule has 1 aromatic heterocycles. The summed E-state index contributed by atoms with van der Waals surface area (Å²) in [5, 5.41) is 11.6. The molecule has 0 radical (unpaired) electrons. The van der Waals surface area contributed by atoms with Crippen molar-refractivity contribution < 1.29 is 4.79 Å². The fourth-order valence-corrected chi connectivity index (χ4v) is 4.05. The molecule has 0 aliphatic carbocycles. The van der Waals surface area contributed by atoms with Crippen molar-refractivity contribution >= 4 is 6.03 Å². The number of hydrogen-bond donors (Lipinski definition) is 1. The van der Waals surface area contributed by atoms with E-state index in [1.807, 2.05) is 4.90 Å². The van der Waals surface area contributed by atoms with E-state index in [0.29, 0.717) is 6.54 Å². The molecule has 0 unspecified atom stereocenters. The van der Waals surface area contributed by atoms with Crippen molar-refractivity contribution in [3.63, 3.8) is 0 Å². The van der Waals surface area contributed by atoms with Crippen molar-refractivity contribution in [2.45, 2.75) is 45.2 Å². The van der Waals surface area contributed by atoms with Crippen LogP contribution in [0.3, 0.4) is 0 Å². The monoisotopic (exact) mass is 382 g/mol. The maximum absolute atomic E-state index is 12.6. The Balaban J connectivity index is 1.21. The fourth-order valence-electron chi connectivity index (χ4n) is 4.05. The Labute approximate surface area is 166 Å². The molecule has 28 heavy (non-hydrogen) atoms. The van der Waals surface area contributed by atoms with Gasteiger partial charge < -0.3 is 14.8 Å². The van der Waals surface area contributed by atoms with Crippen molar-refractivity contribution in [3.05, 3.63) is 47.5 Å². The van der Waals surface area contributed by atoms with Gasteiger partial charge in [-0.2, -0.15) is 0 Å². The van der Waals surface area contributed by atoms with Gasteiger partial charge in [-0.3, -0.25) is 4.90 Å². The van der Waals surface area contributed by atoms with Gasteiger partial charge in [-0.25, -0.2) is 4.79 Å². The third-order valence-electron chi connectivity index (χ3n) is 5.80. The van der Waals surface area contributed by atoms with E-state index in [1.165, 1.54) is 18.4 Å². The second-order valence-corrected chi connectivity index (χ2v) is 7.72. The summed E-state index contributed by atoms with van der Waals surface area (Å²) in [6.07, 6.45) is 5.64. The molecule has 3 heterocycles. The van der Waals surface area contributed by atoms with Gasteiger partial charge in [-0.15, -0.1) is 10.2 Å². The lowest BCUT2D eigenvalue weighted by atomic mass is 10.1. The number of fused-ring (bicyclic) bond motifs is 1. The van der Waals surface area contributed by atoms with Crippen LogP contribution in [0.25, 0.3) is 0 Å². The molecule has 1 N–H and O–H groups in total. The number of aromatic nitrogens is 3. The summed E-state index contributed by atoms with van der Waals surface area (Å²) in [6, 6.07) is 10.6. The van der Waals surface area contributed by atoms with Crippen LogP contribution in [0, 0.1) is 0 Å². The molecule has 7 heteroatoms. The van der Waals surface area contributed by atoms with Crippen molar-refractivity contribution in [1.29, 1.82) is 0 Å². The van der Waals surface area contributed by atoms with Crippen molar-refractivity contribution in [2.24, 2.45) is 0 Å². The van der Waals surface area contributed by atoms with Crippen LogP contribution in [-0.4, -0.2) is 63.3 Å². The number of hydrogen-bond acceptors (Lipinski definition) is 4. The molecule has 4 rings (SSSR count). The van der Waals surface area contributed by atoms with Gasteiger partial charge in [0, 0.05) is 45.7 Å². The number of rotatable bonds is 5. The lowest BCUT2D eigenvalue weighted by Crippen LogP contribution is -2.52. The molecular formula is C21H30N6O. The zero-order valence-electron chi connectivity index (χ0n) is 16.5. The van der Waals surface area contributed by atoms with Crippen LogP contribution < -0.4 is 5.32 Å². The van der Waals surface area contributed by atoms with Gasteiger partial charge in [-0.1, -0.05) is 36.8 Å². The number of benzene rings is 1. The summed E-state index contributed by atoms with van der Waals surface area (Å²) in [5.74, 6) is 1.94. The topological polar surface area (TPSA) is 66.3 Å². The van der Waals surface area contributed by atoms with E-state index < -0.39 is 0 Å². The third-order valence-corrected chi connectivity index (χ3v) is 5.80. The molecule has 1 aromatic carbocycles. The summed E-state index contributed by atoms with van der Waals surface area (Å²) < 4.78 is 2.19. The lowest BCUT2D eigenvalue weighted by molar-refractivity contribution is 0.139. The zero-order chi connectivity index (χ0) is 19.2. The van der Waals surface area contributed by atoms with E-state index in [9.17, 15) is 4.79 Å². The predicted octanol–water partition coefficient (Wildman–Crippen LogP) is 2.07. The molecule has 150 valence electrons. The molecule has 0 spiro atoms. The molecule has 0 bridgehead atoms. The number of urea groups is 1. The Hall–Kier alpha value is -2.41.